The Hall–Kier alpha value is -4.07. The average molecular weight is 917 g/mol. The molecule has 1 atom stereocenters. The van der Waals surface area contributed by atoms with Gasteiger partial charge in [-0.2, -0.15) is 0 Å². The average Bonchev–Trinajstić information content (AvgIpc) is 3.44. The summed E-state index contributed by atoms with van der Waals surface area (Å²) in [6.07, 6.45) is 1.90. The molecular formula is C42H34I2N2O4S. The monoisotopic (exact) mass is 916 g/mol. The molecule has 0 saturated carbocycles. The van der Waals surface area contributed by atoms with Crippen molar-refractivity contribution in [3.8, 4) is 5.75 Å². The maximum Gasteiger partial charge on any atom is 0.338 e. The molecule has 2 heterocycles. The molecule has 0 unspecified atom stereocenters. The fraction of sp³-hybridized carbons (Fsp3) is 0.167. The van der Waals surface area contributed by atoms with Crippen molar-refractivity contribution >= 4 is 85.0 Å². The van der Waals surface area contributed by atoms with Crippen molar-refractivity contribution in [1.29, 1.82) is 0 Å². The van der Waals surface area contributed by atoms with Crippen LogP contribution in [0.4, 0.5) is 0 Å². The van der Waals surface area contributed by atoms with E-state index in [1.165, 1.54) is 27.7 Å². The number of benzene rings is 5. The smallest absolute Gasteiger partial charge is 0.338 e. The zero-order valence-corrected chi connectivity index (χ0v) is 33.4. The lowest BCUT2D eigenvalue weighted by molar-refractivity contribution is -0.138. The first kappa shape index (κ1) is 35.3. The minimum atomic E-state index is -0.719. The quantitative estimate of drug-likeness (QED) is 0.107. The first-order chi connectivity index (χ1) is 24.7. The van der Waals surface area contributed by atoms with Gasteiger partial charge < -0.3 is 9.47 Å². The van der Waals surface area contributed by atoms with Crippen LogP contribution in [0.5, 0.6) is 5.75 Å². The van der Waals surface area contributed by atoms with Gasteiger partial charge in [-0.25, -0.2) is 9.79 Å². The second-order valence-electron chi connectivity index (χ2n) is 12.5. The van der Waals surface area contributed by atoms with E-state index in [0.717, 1.165) is 35.1 Å². The van der Waals surface area contributed by atoms with Gasteiger partial charge in [0.2, 0.25) is 0 Å². The Kier molecular flexibility index (Phi) is 10.6. The molecule has 9 heteroatoms. The van der Waals surface area contributed by atoms with Crippen LogP contribution >= 0.6 is 56.5 Å². The van der Waals surface area contributed by atoms with Gasteiger partial charge in [0.25, 0.3) is 5.56 Å². The lowest BCUT2D eigenvalue weighted by atomic mass is 9.91. The Balaban J connectivity index is 1.32. The number of halogens is 2. The molecule has 7 rings (SSSR count). The zero-order chi connectivity index (χ0) is 35.6. The molecule has 0 N–H and O–H groups in total. The number of carbonyl (C=O) groups is 1. The third-order valence-electron chi connectivity index (χ3n) is 8.86. The number of hydrogen-bond acceptors (Lipinski definition) is 6. The molecule has 1 aliphatic rings. The van der Waals surface area contributed by atoms with E-state index in [9.17, 15) is 9.59 Å². The van der Waals surface area contributed by atoms with Gasteiger partial charge in [-0.1, -0.05) is 122 Å². The number of esters is 1. The molecule has 6 nitrogen and oxygen atoms in total. The Morgan fingerprint density at radius 1 is 0.922 bits per heavy atom. The highest BCUT2D eigenvalue weighted by molar-refractivity contribution is 14.1. The molecule has 0 radical (unpaired) electrons. The van der Waals surface area contributed by atoms with E-state index in [-0.39, 0.29) is 12.2 Å². The van der Waals surface area contributed by atoms with Gasteiger partial charge in [0, 0.05) is 5.56 Å². The van der Waals surface area contributed by atoms with E-state index in [2.05, 4.69) is 101 Å². The predicted octanol–water partition coefficient (Wildman–Crippen LogP) is 9.00. The van der Waals surface area contributed by atoms with Crippen LogP contribution in [0.1, 0.15) is 60.5 Å². The van der Waals surface area contributed by atoms with Gasteiger partial charge in [-0.15, -0.1) is 0 Å². The molecule has 5 aromatic carbocycles. The van der Waals surface area contributed by atoms with Crippen molar-refractivity contribution in [2.24, 2.45) is 4.99 Å². The molecule has 0 spiro atoms. The van der Waals surface area contributed by atoms with Gasteiger partial charge in [-0.3, -0.25) is 9.36 Å². The predicted molar refractivity (Wildman–Crippen MR) is 222 cm³/mol. The van der Waals surface area contributed by atoms with Gasteiger partial charge in [0.15, 0.2) is 4.80 Å². The molecule has 1 aromatic heterocycles. The number of nitrogens with zero attached hydrogens (tertiary/aromatic N) is 2. The SMILES string of the molecule is CCOC(=O)C1=C(c2ccccc2)N=c2s/c(=C\c3cc(I)c(OCc4cccc5ccccc45)c(I)c3)c(=O)n2[C@@H]1c1ccc(C(C)C)cc1. The molecule has 0 fully saturated rings. The fourth-order valence-electron chi connectivity index (χ4n) is 6.34. The maximum atomic E-state index is 14.4. The fourth-order valence-corrected chi connectivity index (χ4v) is 9.47. The Morgan fingerprint density at radius 3 is 2.31 bits per heavy atom. The van der Waals surface area contributed by atoms with Gasteiger partial charge in [0.1, 0.15) is 12.4 Å². The number of thiazole rings is 1. The summed E-state index contributed by atoms with van der Waals surface area (Å²) in [5.74, 6) is 0.649. The van der Waals surface area contributed by atoms with Crippen molar-refractivity contribution in [2.75, 3.05) is 6.61 Å². The normalized spacial score (nSPS) is 14.5. The largest absolute Gasteiger partial charge is 0.487 e. The minimum Gasteiger partial charge on any atom is -0.487 e. The van der Waals surface area contributed by atoms with Crippen molar-refractivity contribution in [1.82, 2.24) is 4.57 Å². The molecule has 256 valence electrons. The molecule has 1 aliphatic heterocycles. The summed E-state index contributed by atoms with van der Waals surface area (Å²) in [4.78, 5) is 33.7. The summed E-state index contributed by atoms with van der Waals surface area (Å²) in [5.41, 5.74) is 5.40. The van der Waals surface area contributed by atoms with E-state index in [4.69, 9.17) is 14.5 Å². The summed E-state index contributed by atoms with van der Waals surface area (Å²) in [6, 6.07) is 35.7. The molecule has 0 bridgehead atoms. The molecule has 0 amide bonds. The summed E-state index contributed by atoms with van der Waals surface area (Å²) in [6.45, 7) is 6.71. The van der Waals surface area contributed by atoms with E-state index < -0.39 is 12.0 Å². The highest BCUT2D eigenvalue weighted by Gasteiger charge is 2.35. The highest BCUT2D eigenvalue weighted by Crippen LogP contribution is 2.36. The molecular weight excluding hydrogens is 882 g/mol. The lowest BCUT2D eigenvalue weighted by Gasteiger charge is -2.26. The van der Waals surface area contributed by atoms with Crippen LogP contribution in [0.25, 0.3) is 22.5 Å². The third kappa shape index (κ3) is 7.20. The second kappa shape index (κ2) is 15.3. The number of hydrogen-bond donors (Lipinski definition) is 0. The number of ether oxygens (including phenoxy) is 2. The van der Waals surface area contributed by atoms with E-state index >= 15 is 0 Å². The van der Waals surface area contributed by atoms with Gasteiger partial charge in [-0.05, 0) is 109 Å². The number of carbonyl (C=O) groups excluding carboxylic acids is 1. The summed E-state index contributed by atoms with van der Waals surface area (Å²) >= 11 is 5.92. The zero-order valence-electron chi connectivity index (χ0n) is 28.2. The lowest BCUT2D eigenvalue weighted by Crippen LogP contribution is -2.40. The molecule has 51 heavy (non-hydrogen) atoms. The molecule has 6 aromatic rings. The van der Waals surface area contributed by atoms with E-state index in [0.29, 0.717) is 33.1 Å². The Morgan fingerprint density at radius 2 is 1.61 bits per heavy atom. The van der Waals surface area contributed by atoms with Crippen LogP contribution in [-0.4, -0.2) is 17.1 Å². The highest BCUT2D eigenvalue weighted by atomic mass is 127. The Bertz CT molecular complexity index is 2460. The summed E-state index contributed by atoms with van der Waals surface area (Å²) in [7, 11) is 0. The van der Waals surface area contributed by atoms with Crippen LogP contribution in [0.2, 0.25) is 0 Å². The van der Waals surface area contributed by atoms with Crippen LogP contribution in [0, 0.1) is 7.14 Å². The van der Waals surface area contributed by atoms with Crippen molar-refractivity contribution in [3.05, 3.63) is 169 Å². The first-order valence-corrected chi connectivity index (χ1v) is 19.7. The summed E-state index contributed by atoms with van der Waals surface area (Å²) < 4.78 is 16.1. The maximum absolute atomic E-state index is 14.4. The number of aromatic nitrogens is 1. The van der Waals surface area contributed by atoms with Crippen molar-refractivity contribution < 1.29 is 14.3 Å². The van der Waals surface area contributed by atoms with Crippen molar-refractivity contribution in [2.45, 2.75) is 39.3 Å². The van der Waals surface area contributed by atoms with Crippen LogP contribution in [0.3, 0.4) is 0 Å². The van der Waals surface area contributed by atoms with Gasteiger partial charge in [0.05, 0.1) is 35.6 Å². The third-order valence-corrected chi connectivity index (χ3v) is 11.4. The van der Waals surface area contributed by atoms with E-state index in [1.54, 1.807) is 11.5 Å². The summed E-state index contributed by atoms with van der Waals surface area (Å²) in [5, 5.41) is 2.35. The molecule has 0 aliphatic carbocycles. The van der Waals surface area contributed by atoms with Gasteiger partial charge >= 0.3 is 5.97 Å². The van der Waals surface area contributed by atoms with Crippen LogP contribution in [0.15, 0.2) is 125 Å². The standard InChI is InChI=1S/C42H34I2N2O4S/c1-4-49-41(48)36-37(29-12-6-5-7-13-29)45-42-46(38(36)30-19-17-27(18-20-30)25(2)3)40(47)35(51-42)23-26-21-33(43)39(34(44)22-26)50-24-31-15-10-14-28-11-8-9-16-32(28)31/h5-23,25,38H,4,24H2,1-3H3/b35-23-/t38-/m1/s1. The number of fused-ring (bicyclic) bond motifs is 2. The topological polar surface area (TPSA) is 69.9 Å². The second-order valence-corrected chi connectivity index (χ2v) is 15.8. The molecule has 0 saturated heterocycles. The first-order valence-electron chi connectivity index (χ1n) is 16.7. The number of rotatable bonds is 9. The van der Waals surface area contributed by atoms with Crippen LogP contribution in [-0.2, 0) is 16.1 Å². The minimum absolute atomic E-state index is 0.201. The van der Waals surface area contributed by atoms with Crippen LogP contribution < -0.4 is 19.6 Å². The van der Waals surface area contributed by atoms with Crippen molar-refractivity contribution in [3.63, 3.8) is 0 Å². The Labute approximate surface area is 327 Å². The van der Waals surface area contributed by atoms with E-state index in [1.807, 2.05) is 72.8 Å².